The summed E-state index contributed by atoms with van der Waals surface area (Å²) in [5.74, 6) is 0.751. The minimum absolute atomic E-state index is 0.141. The van der Waals surface area contributed by atoms with Gasteiger partial charge in [0, 0.05) is 4.47 Å². The molecule has 0 atom stereocenters. The summed E-state index contributed by atoms with van der Waals surface area (Å²) in [6, 6.07) is 14.8. The zero-order valence-corrected chi connectivity index (χ0v) is 14.5. The highest BCUT2D eigenvalue weighted by Gasteiger charge is 2.06. The van der Waals surface area contributed by atoms with E-state index in [1.165, 1.54) is 0 Å². The molecule has 0 unspecified atom stereocenters. The number of carbonyl (C=O) groups excluding carboxylic acids is 1. The van der Waals surface area contributed by atoms with Crippen LogP contribution < -0.4 is 14.9 Å². The highest BCUT2D eigenvalue weighted by atomic mass is 79.9. The number of nitrogens with zero attached hydrogens (tertiary/aromatic N) is 1. The first-order valence-corrected chi connectivity index (χ1v) is 7.74. The van der Waals surface area contributed by atoms with Crippen LogP contribution in [0, 0.1) is 0 Å². The van der Waals surface area contributed by atoms with Crippen molar-refractivity contribution in [3.63, 3.8) is 0 Å². The summed E-state index contributed by atoms with van der Waals surface area (Å²) in [5, 5.41) is 4.07. The van der Waals surface area contributed by atoms with Crippen LogP contribution in [0.5, 0.6) is 11.5 Å². The molecule has 0 heterocycles. The summed E-state index contributed by atoms with van der Waals surface area (Å²) in [6.45, 7) is 1.68. The van der Waals surface area contributed by atoms with E-state index in [1.54, 1.807) is 19.2 Å². The van der Waals surface area contributed by atoms with Gasteiger partial charge >= 0.3 is 0 Å². The van der Waals surface area contributed by atoms with Gasteiger partial charge in [0.15, 0.2) is 18.1 Å². The third kappa shape index (κ3) is 5.10. The minimum atomic E-state index is -0.340. The van der Waals surface area contributed by atoms with Crippen LogP contribution in [0.4, 0.5) is 0 Å². The molecule has 0 aliphatic heterocycles. The fourth-order valence-electron chi connectivity index (χ4n) is 1.82. The van der Waals surface area contributed by atoms with E-state index in [4.69, 9.17) is 9.47 Å². The Labute approximate surface area is 143 Å². The van der Waals surface area contributed by atoms with Crippen molar-refractivity contribution < 1.29 is 14.3 Å². The quantitative estimate of drug-likeness (QED) is 0.620. The largest absolute Gasteiger partial charge is 0.493 e. The summed E-state index contributed by atoms with van der Waals surface area (Å²) in [6.07, 6.45) is 0. The fraction of sp³-hybridized carbons (Fsp3) is 0.176. The average Bonchev–Trinajstić information content (AvgIpc) is 2.58. The predicted octanol–water partition coefficient (Wildman–Crippen LogP) is 3.38. The maximum absolute atomic E-state index is 11.8. The summed E-state index contributed by atoms with van der Waals surface area (Å²) in [5.41, 5.74) is 4.12. The number of hydrogen-bond donors (Lipinski definition) is 1. The van der Waals surface area contributed by atoms with Crippen LogP contribution >= 0.6 is 15.9 Å². The number of halogens is 1. The van der Waals surface area contributed by atoms with Crippen molar-refractivity contribution in [2.24, 2.45) is 5.10 Å². The normalized spacial score (nSPS) is 11.0. The summed E-state index contributed by atoms with van der Waals surface area (Å²) in [4.78, 5) is 11.8. The lowest BCUT2D eigenvalue weighted by atomic mass is 10.1. The van der Waals surface area contributed by atoms with Crippen LogP contribution in [0.2, 0.25) is 0 Å². The molecular weight excluding hydrogens is 360 g/mol. The van der Waals surface area contributed by atoms with E-state index < -0.39 is 0 Å². The van der Waals surface area contributed by atoms with Crippen LogP contribution in [-0.4, -0.2) is 25.3 Å². The monoisotopic (exact) mass is 376 g/mol. The number of para-hydroxylation sites is 2. The molecule has 0 aliphatic rings. The second-order valence-corrected chi connectivity index (χ2v) is 5.59. The second kappa shape index (κ2) is 8.33. The van der Waals surface area contributed by atoms with Crippen molar-refractivity contribution in [2.45, 2.75) is 6.92 Å². The fourth-order valence-corrected chi connectivity index (χ4v) is 2.08. The van der Waals surface area contributed by atoms with Crippen molar-refractivity contribution in [3.8, 4) is 11.5 Å². The Balaban J connectivity index is 1.89. The molecule has 5 nitrogen and oxygen atoms in total. The number of amides is 1. The number of benzene rings is 2. The molecule has 0 bridgehead atoms. The van der Waals surface area contributed by atoms with Gasteiger partial charge in [0.25, 0.3) is 5.91 Å². The standard InChI is InChI=1S/C17H17BrN2O3/c1-12(13-7-9-14(18)10-8-13)19-20-17(21)11-23-16-6-4-3-5-15(16)22-2/h3-10H,11H2,1-2H3,(H,20,21). The predicted molar refractivity (Wildman–Crippen MR) is 93.0 cm³/mol. The van der Waals surface area contributed by atoms with Gasteiger partial charge in [0.1, 0.15) is 0 Å². The molecule has 0 radical (unpaired) electrons. The summed E-state index contributed by atoms with van der Waals surface area (Å²) < 4.78 is 11.6. The van der Waals surface area contributed by atoms with Gasteiger partial charge in [0.2, 0.25) is 0 Å². The van der Waals surface area contributed by atoms with Gasteiger partial charge in [-0.2, -0.15) is 5.10 Å². The molecule has 0 fully saturated rings. The van der Waals surface area contributed by atoms with E-state index >= 15 is 0 Å². The SMILES string of the molecule is COc1ccccc1OCC(=O)NN=C(C)c1ccc(Br)cc1. The molecule has 1 amide bonds. The number of carbonyl (C=O) groups is 1. The van der Waals surface area contributed by atoms with E-state index in [2.05, 4.69) is 26.5 Å². The first-order chi connectivity index (χ1) is 11.1. The number of hydrogen-bond acceptors (Lipinski definition) is 4. The topological polar surface area (TPSA) is 59.9 Å². The maximum Gasteiger partial charge on any atom is 0.277 e. The van der Waals surface area contributed by atoms with Gasteiger partial charge in [-0.1, -0.05) is 40.2 Å². The molecule has 1 N–H and O–H groups in total. The lowest BCUT2D eigenvalue weighted by Gasteiger charge is -2.09. The Bertz CT molecular complexity index is 699. The molecule has 2 aromatic rings. The molecule has 0 spiro atoms. The molecule has 6 heteroatoms. The minimum Gasteiger partial charge on any atom is -0.493 e. The van der Waals surface area contributed by atoms with Gasteiger partial charge in [0.05, 0.1) is 12.8 Å². The molecule has 0 saturated heterocycles. The number of nitrogens with one attached hydrogen (secondary N) is 1. The average molecular weight is 377 g/mol. The highest BCUT2D eigenvalue weighted by Crippen LogP contribution is 2.25. The first kappa shape index (κ1) is 17.0. The van der Waals surface area contributed by atoms with Crippen LogP contribution in [0.25, 0.3) is 0 Å². The molecule has 120 valence electrons. The number of ether oxygens (including phenoxy) is 2. The van der Waals surface area contributed by atoms with Crippen molar-refractivity contribution in [3.05, 3.63) is 58.6 Å². The lowest BCUT2D eigenvalue weighted by molar-refractivity contribution is -0.123. The van der Waals surface area contributed by atoms with E-state index in [0.29, 0.717) is 17.2 Å². The van der Waals surface area contributed by atoms with Gasteiger partial charge in [-0.05, 0) is 36.8 Å². The summed E-state index contributed by atoms with van der Waals surface area (Å²) in [7, 11) is 1.55. The second-order valence-electron chi connectivity index (χ2n) is 4.68. The van der Waals surface area contributed by atoms with Crippen molar-refractivity contribution in [2.75, 3.05) is 13.7 Å². The Morgan fingerprint density at radius 1 is 1.13 bits per heavy atom. The zero-order valence-electron chi connectivity index (χ0n) is 12.9. The molecule has 23 heavy (non-hydrogen) atoms. The third-order valence-corrected chi connectivity index (χ3v) is 3.57. The van der Waals surface area contributed by atoms with Crippen molar-refractivity contribution in [1.29, 1.82) is 0 Å². The van der Waals surface area contributed by atoms with Crippen LogP contribution in [0.1, 0.15) is 12.5 Å². The van der Waals surface area contributed by atoms with Crippen LogP contribution in [0.3, 0.4) is 0 Å². The van der Waals surface area contributed by atoms with Gasteiger partial charge < -0.3 is 9.47 Å². The smallest absolute Gasteiger partial charge is 0.277 e. The Hall–Kier alpha value is -2.34. The van der Waals surface area contributed by atoms with Crippen LogP contribution in [0.15, 0.2) is 58.1 Å². The number of methoxy groups -OCH3 is 1. The van der Waals surface area contributed by atoms with E-state index in [9.17, 15) is 4.79 Å². The first-order valence-electron chi connectivity index (χ1n) is 6.95. The Morgan fingerprint density at radius 3 is 2.43 bits per heavy atom. The van der Waals surface area contributed by atoms with Crippen LogP contribution in [-0.2, 0) is 4.79 Å². The van der Waals surface area contributed by atoms with E-state index in [-0.39, 0.29) is 12.5 Å². The third-order valence-electron chi connectivity index (χ3n) is 3.04. The summed E-state index contributed by atoms with van der Waals surface area (Å²) >= 11 is 3.37. The van der Waals surface area contributed by atoms with Crippen molar-refractivity contribution in [1.82, 2.24) is 5.43 Å². The number of rotatable bonds is 6. The lowest BCUT2D eigenvalue weighted by Crippen LogP contribution is -2.25. The number of hydrazone groups is 1. The Kier molecular flexibility index (Phi) is 6.17. The molecule has 0 aliphatic carbocycles. The molecule has 0 saturated carbocycles. The molecular formula is C17H17BrN2O3. The highest BCUT2D eigenvalue weighted by molar-refractivity contribution is 9.10. The van der Waals surface area contributed by atoms with Gasteiger partial charge in [-0.25, -0.2) is 5.43 Å². The zero-order chi connectivity index (χ0) is 16.7. The Morgan fingerprint density at radius 2 is 1.78 bits per heavy atom. The van der Waals surface area contributed by atoms with E-state index in [1.807, 2.05) is 43.3 Å². The maximum atomic E-state index is 11.8. The van der Waals surface area contributed by atoms with E-state index in [0.717, 1.165) is 10.0 Å². The molecule has 2 rings (SSSR count). The molecule has 2 aromatic carbocycles. The molecule has 0 aromatic heterocycles. The van der Waals surface area contributed by atoms with Gasteiger partial charge in [-0.15, -0.1) is 0 Å². The van der Waals surface area contributed by atoms with Crippen molar-refractivity contribution >= 4 is 27.5 Å². The van der Waals surface area contributed by atoms with Gasteiger partial charge in [-0.3, -0.25) is 4.79 Å².